The smallest absolute Gasteiger partial charge is 0.139 e. The molecule has 29 heavy (non-hydrogen) atoms. The molecule has 1 aliphatic rings. The van der Waals surface area contributed by atoms with Gasteiger partial charge >= 0.3 is 0 Å². The fourth-order valence-corrected chi connectivity index (χ4v) is 3.62. The zero-order valence-electron chi connectivity index (χ0n) is 16.7. The molecule has 4 rings (SSSR count). The van der Waals surface area contributed by atoms with Crippen molar-refractivity contribution in [2.24, 2.45) is 4.99 Å². The Labute approximate surface area is 171 Å². The molecule has 1 N–H and O–H groups in total. The van der Waals surface area contributed by atoms with E-state index in [4.69, 9.17) is 0 Å². The number of aliphatic imine (C=N–C) groups is 1. The second-order valence-electron chi connectivity index (χ2n) is 7.54. The Balaban J connectivity index is 1.40. The number of carbonyl (C=O) groups is 1. The highest BCUT2D eigenvalue weighted by atomic mass is 16.1. The summed E-state index contributed by atoms with van der Waals surface area (Å²) in [6.45, 7) is 4.65. The van der Waals surface area contributed by atoms with Gasteiger partial charge in [0.1, 0.15) is 11.6 Å². The number of rotatable bonds is 6. The van der Waals surface area contributed by atoms with Crippen molar-refractivity contribution in [3.8, 4) is 0 Å². The predicted molar refractivity (Wildman–Crippen MR) is 115 cm³/mol. The molecule has 0 bridgehead atoms. The van der Waals surface area contributed by atoms with E-state index in [1.54, 1.807) is 6.20 Å². The normalized spacial score (nSPS) is 13.5. The molecular weight excluding hydrogens is 360 g/mol. The van der Waals surface area contributed by atoms with E-state index in [0.717, 1.165) is 34.0 Å². The van der Waals surface area contributed by atoms with Gasteiger partial charge in [-0.05, 0) is 42.2 Å². The second-order valence-corrected chi connectivity index (χ2v) is 7.54. The average Bonchev–Trinajstić information content (AvgIpc) is 3.10. The molecule has 0 saturated carbocycles. The number of Topliss-reactive ketones (excluding diaryl/α,β-unsaturated/α-hetero) is 1. The van der Waals surface area contributed by atoms with Crippen molar-refractivity contribution in [3.05, 3.63) is 89.0 Å². The minimum atomic E-state index is 0.207. The van der Waals surface area contributed by atoms with E-state index in [9.17, 15) is 4.79 Å². The highest BCUT2D eigenvalue weighted by Crippen LogP contribution is 2.23. The van der Waals surface area contributed by atoms with Crippen LogP contribution in [0.5, 0.6) is 0 Å². The summed E-state index contributed by atoms with van der Waals surface area (Å²) in [4.78, 5) is 25.9. The van der Waals surface area contributed by atoms with Gasteiger partial charge in [-0.3, -0.25) is 19.8 Å². The zero-order chi connectivity index (χ0) is 20.2. The number of aryl methyl sites for hydroxylation is 1. The van der Waals surface area contributed by atoms with Crippen LogP contribution in [0.2, 0.25) is 0 Å². The van der Waals surface area contributed by atoms with E-state index in [0.29, 0.717) is 19.4 Å². The molecule has 5 nitrogen and oxygen atoms in total. The molecule has 146 valence electrons. The Morgan fingerprint density at radius 1 is 1.14 bits per heavy atom. The quantitative estimate of drug-likeness (QED) is 0.681. The van der Waals surface area contributed by atoms with Crippen LogP contribution < -0.4 is 5.32 Å². The van der Waals surface area contributed by atoms with E-state index >= 15 is 0 Å². The highest BCUT2D eigenvalue weighted by molar-refractivity contribution is 6.10. The average molecular weight is 384 g/mol. The van der Waals surface area contributed by atoms with Crippen LogP contribution in [0, 0.1) is 6.92 Å². The minimum Gasteiger partial charge on any atom is -0.340 e. The maximum atomic E-state index is 12.5. The molecule has 0 spiro atoms. The molecule has 0 fully saturated rings. The zero-order valence-corrected chi connectivity index (χ0v) is 16.7. The Bertz CT molecular complexity index is 1060. The van der Waals surface area contributed by atoms with E-state index in [1.165, 1.54) is 5.56 Å². The number of carbonyl (C=O) groups excluding carboxylic acids is 1. The number of amidine groups is 1. The van der Waals surface area contributed by atoms with Crippen molar-refractivity contribution in [2.75, 3.05) is 5.32 Å². The third-order valence-corrected chi connectivity index (χ3v) is 5.15. The fraction of sp³-hybridized carbons (Fsp3) is 0.250. The summed E-state index contributed by atoms with van der Waals surface area (Å²) in [5, 5.41) is 3.35. The molecule has 5 heteroatoms. The Kier molecular flexibility index (Phi) is 5.47. The second kappa shape index (κ2) is 8.35. The van der Waals surface area contributed by atoms with Crippen molar-refractivity contribution in [1.29, 1.82) is 0 Å². The van der Waals surface area contributed by atoms with Gasteiger partial charge in [-0.15, -0.1) is 0 Å². The third kappa shape index (κ3) is 4.57. The molecule has 0 saturated heterocycles. The summed E-state index contributed by atoms with van der Waals surface area (Å²) < 4.78 is 0. The number of anilines is 1. The van der Waals surface area contributed by atoms with Crippen molar-refractivity contribution in [1.82, 2.24) is 9.97 Å². The number of nitrogens with one attached hydrogen (secondary N) is 1. The van der Waals surface area contributed by atoms with Crippen LogP contribution in [0.15, 0.2) is 65.9 Å². The number of ketones is 1. The highest BCUT2D eigenvalue weighted by Gasteiger charge is 2.19. The standard InChI is InChI=1S/C24H24N4O/c1-16(18-6-4-3-5-7-18)10-22(29)13-21-12-19-14-27-24(23(19)15-26-21)28-20-8-9-25-17(2)11-20/h3-9,11-12,15-16H,10,13-14H2,1-2H3,(H,25,27,28)/t16-/m0/s1. The number of hydrogen-bond donors (Lipinski definition) is 1. The molecule has 3 heterocycles. The van der Waals surface area contributed by atoms with Crippen molar-refractivity contribution in [3.63, 3.8) is 0 Å². The summed E-state index contributed by atoms with van der Waals surface area (Å²) in [5.74, 6) is 1.23. The van der Waals surface area contributed by atoms with Crippen LogP contribution in [0.1, 0.15) is 47.3 Å². The van der Waals surface area contributed by atoms with E-state index in [-0.39, 0.29) is 11.7 Å². The number of nitrogens with zero attached hydrogens (tertiary/aromatic N) is 3. The first-order chi connectivity index (χ1) is 14.1. The van der Waals surface area contributed by atoms with Crippen molar-refractivity contribution < 1.29 is 4.79 Å². The van der Waals surface area contributed by atoms with Crippen molar-refractivity contribution >= 4 is 17.3 Å². The van der Waals surface area contributed by atoms with Crippen molar-refractivity contribution in [2.45, 2.75) is 39.2 Å². The number of pyridine rings is 2. The summed E-state index contributed by atoms with van der Waals surface area (Å²) in [6.07, 6.45) is 4.48. The SMILES string of the molecule is Cc1cc(NC2=NCc3cc(CC(=O)C[C@H](C)c4ccccc4)ncc32)ccn1. The lowest BCUT2D eigenvalue weighted by molar-refractivity contribution is -0.118. The molecule has 0 amide bonds. The molecular formula is C24H24N4O. The lowest BCUT2D eigenvalue weighted by Gasteiger charge is -2.11. The molecule has 1 aliphatic heterocycles. The topological polar surface area (TPSA) is 67.2 Å². The number of benzene rings is 1. The lowest BCUT2D eigenvalue weighted by atomic mass is 9.94. The molecule has 2 aromatic heterocycles. The Hall–Kier alpha value is -3.34. The van der Waals surface area contributed by atoms with Gasteiger partial charge in [0.25, 0.3) is 0 Å². The summed E-state index contributed by atoms with van der Waals surface area (Å²) in [7, 11) is 0. The van der Waals surface area contributed by atoms with Crippen LogP contribution in [0.3, 0.4) is 0 Å². The predicted octanol–water partition coefficient (Wildman–Crippen LogP) is 4.46. The first-order valence-corrected chi connectivity index (χ1v) is 9.87. The maximum absolute atomic E-state index is 12.5. The van der Waals surface area contributed by atoms with Crippen LogP contribution in [0.4, 0.5) is 5.69 Å². The summed E-state index contributed by atoms with van der Waals surface area (Å²) >= 11 is 0. The minimum absolute atomic E-state index is 0.207. The van der Waals surface area contributed by atoms with Gasteiger partial charge in [-0.2, -0.15) is 0 Å². The van der Waals surface area contributed by atoms with Gasteiger partial charge in [0.15, 0.2) is 0 Å². The Morgan fingerprint density at radius 2 is 1.97 bits per heavy atom. The van der Waals surface area contributed by atoms with Crippen LogP contribution in [-0.4, -0.2) is 21.6 Å². The maximum Gasteiger partial charge on any atom is 0.139 e. The summed E-state index contributed by atoms with van der Waals surface area (Å²) in [6, 6.07) is 16.1. The van der Waals surface area contributed by atoms with Crippen LogP contribution in [0.25, 0.3) is 0 Å². The molecule has 1 atom stereocenters. The largest absolute Gasteiger partial charge is 0.340 e. The van der Waals surface area contributed by atoms with Crippen LogP contribution in [-0.2, 0) is 17.8 Å². The van der Waals surface area contributed by atoms with E-state index in [2.05, 4.69) is 39.3 Å². The molecule has 0 radical (unpaired) electrons. The van der Waals surface area contributed by atoms with Gasteiger partial charge in [-0.25, -0.2) is 0 Å². The first kappa shape index (κ1) is 19.0. The molecule has 0 unspecified atom stereocenters. The lowest BCUT2D eigenvalue weighted by Crippen LogP contribution is -2.13. The fourth-order valence-electron chi connectivity index (χ4n) is 3.62. The van der Waals surface area contributed by atoms with E-state index < -0.39 is 0 Å². The third-order valence-electron chi connectivity index (χ3n) is 5.15. The van der Waals surface area contributed by atoms with Gasteiger partial charge < -0.3 is 5.32 Å². The van der Waals surface area contributed by atoms with E-state index in [1.807, 2.05) is 49.5 Å². The number of hydrogen-bond acceptors (Lipinski definition) is 5. The molecule has 3 aromatic rings. The van der Waals surface area contributed by atoms with Gasteiger partial charge in [-0.1, -0.05) is 37.3 Å². The molecule has 0 aliphatic carbocycles. The summed E-state index contributed by atoms with van der Waals surface area (Å²) in [5.41, 5.74) is 6.01. The first-order valence-electron chi connectivity index (χ1n) is 9.87. The number of aromatic nitrogens is 2. The van der Waals surface area contributed by atoms with Gasteiger partial charge in [0.05, 0.1) is 6.54 Å². The molecule has 1 aromatic carbocycles. The van der Waals surface area contributed by atoms with Crippen LogP contribution >= 0.6 is 0 Å². The number of fused-ring (bicyclic) bond motifs is 1. The monoisotopic (exact) mass is 384 g/mol. The van der Waals surface area contributed by atoms with Gasteiger partial charge in [0.2, 0.25) is 0 Å². The Morgan fingerprint density at radius 3 is 2.76 bits per heavy atom. The van der Waals surface area contributed by atoms with Gasteiger partial charge in [0, 0.05) is 47.9 Å².